The molecule has 4 nitrogen and oxygen atoms in total. The number of anilines is 1. The lowest BCUT2D eigenvalue weighted by atomic mass is 10.1. The van der Waals surface area contributed by atoms with Gasteiger partial charge in [0.2, 0.25) is 0 Å². The summed E-state index contributed by atoms with van der Waals surface area (Å²) in [6.45, 7) is -1.02. The van der Waals surface area contributed by atoms with Crippen LogP contribution in [0.2, 0.25) is 0 Å². The first kappa shape index (κ1) is 12.7. The lowest BCUT2D eigenvalue weighted by Gasteiger charge is -2.18. The second kappa shape index (κ2) is 4.85. The molecule has 1 heterocycles. The molecule has 0 radical (unpaired) electrons. The highest BCUT2D eigenvalue weighted by Crippen LogP contribution is 2.28. The van der Waals surface area contributed by atoms with Gasteiger partial charge in [0.25, 0.3) is 5.91 Å². The van der Waals surface area contributed by atoms with E-state index in [9.17, 15) is 18.0 Å². The third-order valence-electron chi connectivity index (χ3n) is 2.33. The Balaban J connectivity index is 1.98. The molecular weight excluding hydrogens is 249 g/mol. The fraction of sp³-hybridized carbons (Fsp3) is 0.364. The molecule has 1 aromatic carbocycles. The first-order chi connectivity index (χ1) is 8.44. The van der Waals surface area contributed by atoms with Crippen molar-refractivity contribution < 1.29 is 22.7 Å². The number of benzene rings is 1. The first-order valence-electron chi connectivity index (χ1n) is 5.27. The lowest BCUT2D eigenvalue weighted by molar-refractivity contribution is -0.125. The van der Waals surface area contributed by atoms with Crippen molar-refractivity contribution in [3.05, 3.63) is 23.8 Å². The van der Waals surface area contributed by atoms with E-state index in [2.05, 4.69) is 10.6 Å². The number of alkyl halides is 3. The van der Waals surface area contributed by atoms with Crippen LogP contribution < -0.4 is 15.4 Å². The summed E-state index contributed by atoms with van der Waals surface area (Å²) in [5.41, 5.74) is 1.13. The number of halogens is 3. The molecule has 7 heteroatoms. The van der Waals surface area contributed by atoms with Crippen LogP contribution in [0, 0.1) is 0 Å². The van der Waals surface area contributed by atoms with Crippen LogP contribution in [-0.4, -0.2) is 25.2 Å². The Kier molecular flexibility index (Phi) is 3.42. The van der Waals surface area contributed by atoms with Crippen LogP contribution in [0.5, 0.6) is 5.75 Å². The van der Waals surface area contributed by atoms with Crippen LogP contribution in [-0.2, 0) is 11.3 Å². The van der Waals surface area contributed by atoms with E-state index >= 15 is 0 Å². The van der Waals surface area contributed by atoms with E-state index in [1.165, 1.54) is 0 Å². The Morgan fingerprint density at radius 2 is 2.17 bits per heavy atom. The summed E-state index contributed by atoms with van der Waals surface area (Å²) in [4.78, 5) is 11.1. The molecule has 0 saturated carbocycles. The summed E-state index contributed by atoms with van der Waals surface area (Å²) in [6.07, 6.45) is -4.23. The van der Waals surface area contributed by atoms with Crippen molar-refractivity contribution in [1.29, 1.82) is 0 Å². The topological polar surface area (TPSA) is 50.4 Å². The molecule has 1 aromatic rings. The molecule has 18 heavy (non-hydrogen) atoms. The van der Waals surface area contributed by atoms with Crippen LogP contribution >= 0.6 is 0 Å². The van der Waals surface area contributed by atoms with Crippen molar-refractivity contribution in [3.63, 3.8) is 0 Å². The zero-order valence-electron chi connectivity index (χ0n) is 9.30. The molecule has 0 fully saturated rings. The van der Waals surface area contributed by atoms with E-state index in [1.54, 1.807) is 18.2 Å². The second-order valence-electron chi connectivity index (χ2n) is 3.89. The minimum atomic E-state index is -4.23. The smallest absolute Gasteiger partial charge is 0.401 e. The summed E-state index contributed by atoms with van der Waals surface area (Å²) in [5.74, 6) is 0.247. The zero-order valence-corrected chi connectivity index (χ0v) is 9.30. The molecule has 0 bridgehead atoms. The molecule has 2 rings (SSSR count). The minimum absolute atomic E-state index is 0.0430. The number of carbonyl (C=O) groups is 1. The summed E-state index contributed by atoms with van der Waals surface area (Å²) < 4.78 is 41.0. The second-order valence-corrected chi connectivity index (χ2v) is 3.89. The zero-order chi connectivity index (χ0) is 13.2. The van der Waals surface area contributed by atoms with Gasteiger partial charge in [-0.3, -0.25) is 4.79 Å². The molecule has 1 aliphatic rings. The number of hydrogen-bond acceptors (Lipinski definition) is 3. The maximum atomic E-state index is 11.9. The molecular formula is C11H11F3N2O2. The quantitative estimate of drug-likeness (QED) is 0.869. The van der Waals surface area contributed by atoms with Gasteiger partial charge in [-0.05, 0) is 17.7 Å². The molecule has 0 aromatic heterocycles. The standard InChI is InChI=1S/C11H11F3N2O2/c12-11(13,14)6-15-4-7-1-2-9-8(3-7)16-10(17)5-18-9/h1-3,15H,4-6H2,(H,16,17). The third kappa shape index (κ3) is 3.36. The van der Waals surface area contributed by atoms with Gasteiger partial charge in [0, 0.05) is 6.54 Å². The predicted octanol–water partition coefficient (Wildman–Crippen LogP) is 1.67. The van der Waals surface area contributed by atoms with Crippen LogP contribution in [0.15, 0.2) is 18.2 Å². The van der Waals surface area contributed by atoms with Gasteiger partial charge in [0.1, 0.15) is 5.75 Å². The van der Waals surface area contributed by atoms with Crippen molar-refractivity contribution >= 4 is 11.6 Å². The van der Waals surface area contributed by atoms with Crippen molar-refractivity contribution in [2.24, 2.45) is 0 Å². The van der Waals surface area contributed by atoms with Crippen molar-refractivity contribution in [2.75, 3.05) is 18.5 Å². The fourth-order valence-electron chi connectivity index (χ4n) is 1.59. The van der Waals surface area contributed by atoms with Crippen LogP contribution in [0.3, 0.4) is 0 Å². The molecule has 0 spiro atoms. The summed E-state index contributed by atoms with van der Waals surface area (Å²) in [7, 11) is 0. The maximum absolute atomic E-state index is 11.9. The van der Waals surface area contributed by atoms with Gasteiger partial charge in [-0.25, -0.2) is 0 Å². The number of ether oxygens (including phenoxy) is 1. The molecule has 1 aliphatic heterocycles. The number of nitrogens with one attached hydrogen (secondary N) is 2. The number of amides is 1. The SMILES string of the molecule is O=C1COc2ccc(CNCC(F)(F)F)cc2N1. The van der Waals surface area contributed by atoms with Gasteiger partial charge < -0.3 is 15.4 Å². The normalized spacial score (nSPS) is 14.7. The average Bonchev–Trinajstić information content (AvgIpc) is 2.26. The van der Waals surface area contributed by atoms with Gasteiger partial charge in [-0.15, -0.1) is 0 Å². The third-order valence-corrected chi connectivity index (χ3v) is 2.33. The Morgan fingerprint density at radius 3 is 2.89 bits per heavy atom. The van der Waals surface area contributed by atoms with Crippen molar-refractivity contribution in [1.82, 2.24) is 5.32 Å². The van der Waals surface area contributed by atoms with E-state index in [4.69, 9.17) is 4.74 Å². The van der Waals surface area contributed by atoms with E-state index in [1.807, 2.05) is 0 Å². The van der Waals surface area contributed by atoms with Gasteiger partial charge in [0.05, 0.1) is 12.2 Å². The summed E-state index contributed by atoms with van der Waals surface area (Å²) in [6, 6.07) is 4.87. The molecule has 1 amide bonds. The lowest BCUT2D eigenvalue weighted by Crippen LogP contribution is -2.28. The van der Waals surface area contributed by atoms with Crippen molar-refractivity contribution in [3.8, 4) is 5.75 Å². The number of hydrogen-bond donors (Lipinski definition) is 2. The number of carbonyl (C=O) groups excluding carboxylic acids is 1. The van der Waals surface area contributed by atoms with Crippen LogP contribution in [0.4, 0.5) is 18.9 Å². The molecule has 2 N–H and O–H groups in total. The molecule has 0 aliphatic carbocycles. The molecule has 0 unspecified atom stereocenters. The van der Waals surface area contributed by atoms with Gasteiger partial charge in [-0.1, -0.05) is 6.07 Å². The Labute approximate surface area is 101 Å². The van der Waals surface area contributed by atoms with Crippen LogP contribution in [0.1, 0.15) is 5.56 Å². The average molecular weight is 260 g/mol. The Bertz CT molecular complexity index is 460. The van der Waals surface area contributed by atoms with E-state index in [-0.39, 0.29) is 19.1 Å². The van der Waals surface area contributed by atoms with Crippen LogP contribution in [0.25, 0.3) is 0 Å². The summed E-state index contributed by atoms with van der Waals surface area (Å²) in [5, 5.41) is 4.87. The summed E-state index contributed by atoms with van der Waals surface area (Å²) >= 11 is 0. The molecule has 98 valence electrons. The van der Waals surface area contributed by atoms with Gasteiger partial charge >= 0.3 is 6.18 Å². The van der Waals surface area contributed by atoms with E-state index in [0.29, 0.717) is 17.0 Å². The molecule has 0 atom stereocenters. The number of rotatable bonds is 3. The highest BCUT2D eigenvalue weighted by molar-refractivity contribution is 5.95. The van der Waals surface area contributed by atoms with Gasteiger partial charge in [-0.2, -0.15) is 13.2 Å². The van der Waals surface area contributed by atoms with E-state index < -0.39 is 12.7 Å². The first-order valence-corrected chi connectivity index (χ1v) is 5.27. The number of fused-ring (bicyclic) bond motifs is 1. The highest BCUT2D eigenvalue weighted by atomic mass is 19.4. The fourth-order valence-corrected chi connectivity index (χ4v) is 1.59. The Hall–Kier alpha value is -1.76. The van der Waals surface area contributed by atoms with E-state index in [0.717, 1.165) is 0 Å². The monoisotopic (exact) mass is 260 g/mol. The van der Waals surface area contributed by atoms with Gasteiger partial charge in [0.15, 0.2) is 6.61 Å². The maximum Gasteiger partial charge on any atom is 0.401 e. The highest BCUT2D eigenvalue weighted by Gasteiger charge is 2.26. The molecule has 0 saturated heterocycles. The predicted molar refractivity (Wildman–Crippen MR) is 58.3 cm³/mol. The van der Waals surface area contributed by atoms with Crippen molar-refractivity contribution in [2.45, 2.75) is 12.7 Å². The largest absolute Gasteiger partial charge is 0.482 e. The minimum Gasteiger partial charge on any atom is -0.482 e. The Morgan fingerprint density at radius 1 is 1.39 bits per heavy atom.